The Morgan fingerprint density at radius 1 is 1.03 bits per heavy atom. The van der Waals surface area contributed by atoms with E-state index in [4.69, 9.17) is 4.74 Å². The van der Waals surface area contributed by atoms with Crippen LogP contribution in [-0.4, -0.2) is 54.1 Å². The van der Waals surface area contributed by atoms with Gasteiger partial charge in [0.25, 0.3) is 0 Å². The van der Waals surface area contributed by atoms with Crippen LogP contribution < -0.4 is 5.32 Å². The van der Waals surface area contributed by atoms with Crippen LogP contribution in [0.15, 0.2) is 49.1 Å². The van der Waals surface area contributed by atoms with Crippen molar-refractivity contribution in [1.82, 2.24) is 19.5 Å². The molecule has 5 rings (SSSR count). The van der Waals surface area contributed by atoms with Crippen LogP contribution in [0.25, 0.3) is 17.2 Å². The third-order valence-corrected chi connectivity index (χ3v) is 5.88. The van der Waals surface area contributed by atoms with Gasteiger partial charge in [0.15, 0.2) is 23.2 Å². The second-order valence-corrected chi connectivity index (χ2v) is 7.91. The molecular formula is C22H25N5O3. The van der Waals surface area contributed by atoms with Gasteiger partial charge in [-0.05, 0) is 18.4 Å². The number of aliphatic hydroxyl groups excluding tert-OH is 2. The van der Waals surface area contributed by atoms with Gasteiger partial charge in [0.05, 0.1) is 6.33 Å². The van der Waals surface area contributed by atoms with Crippen LogP contribution in [0.2, 0.25) is 0 Å². The van der Waals surface area contributed by atoms with E-state index in [1.807, 2.05) is 36.4 Å². The van der Waals surface area contributed by atoms with Crippen LogP contribution in [0.4, 0.5) is 5.82 Å². The van der Waals surface area contributed by atoms with Gasteiger partial charge in [-0.15, -0.1) is 0 Å². The van der Waals surface area contributed by atoms with Crippen LogP contribution in [0.5, 0.6) is 0 Å². The van der Waals surface area contributed by atoms with Crippen LogP contribution in [0.3, 0.4) is 0 Å². The molecule has 4 atom stereocenters. The van der Waals surface area contributed by atoms with Crippen molar-refractivity contribution >= 4 is 23.1 Å². The molecule has 0 unspecified atom stereocenters. The molecule has 2 fully saturated rings. The van der Waals surface area contributed by atoms with Gasteiger partial charge in [-0.1, -0.05) is 55.3 Å². The highest BCUT2D eigenvalue weighted by molar-refractivity contribution is 5.82. The Hall–Kier alpha value is -2.81. The SMILES string of the molecule is O[C@@H]1[C@H](O)[C@@H](/C=C/c2ccccc2)O[C@H]1n1cnc2c(NC3CCCC3)ncnc21. The number of anilines is 1. The maximum Gasteiger partial charge on any atom is 0.167 e. The standard InChI is InChI=1S/C22H25N5O3/c28-18-16(11-10-14-6-2-1-3-7-14)30-22(19(18)29)27-13-25-17-20(23-12-24-21(17)27)26-15-8-4-5-9-15/h1-3,6-7,10-13,15-16,18-19,22,28-29H,4-5,8-9H2,(H,23,24,26)/b11-10+/t16-,18-,19-,22-/m1/s1. The first-order chi connectivity index (χ1) is 14.7. The van der Waals surface area contributed by atoms with E-state index in [2.05, 4.69) is 20.3 Å². The molecular weight excluding hydrogens is 382 g/mol. The average Bonchev–Trinajstić information content (AvgIpc) is 3.49. The van der Waals surface area contributed by atoms with Crippen molar-refractivity contribution in [3.8, 4) is 0 Å². The molecule has 1 aromatic carbocycles. The fraction of sp³-hybridized carbons (Fsp3) is 0.409. The summed E-state index contributed by atoms with van der Waals surface area (Å²) >= 11 is 0. The van der Waals surface area contributed by atoms with Crippen LogP contribution in [0.1, 0.15) is 37.5 Å². The number of hydrogen-bond donors (Lipinski definition) is 3. The number of nitrogens with zero attached hydrogens (tertiary/aromatic N) is 4. The third kappa shape index (κ3) is 3.58. The molecule has 1 saturated heterocycles. The number of fused-ring (bicyclic) bond motifs is 1. The zero-order chi connectivity index (χ0) is 20.5. The zero-order valence-corrected chi connectivity index (χ0v) is 16.5. The predicted octanol–water partition coefficient (Wildman–Crippen LogP) is 2.51. The van der Waals surface area contributed by atoms with E-state index < -0.39 is 24.5 Å². The highest BCUT2D eigenvalue weighted by Gasteiger charge is 2.43. The zero-order valence-electron chi connectivity index (χ0n) is 16.5. The molecule has 0 radical (unpaired) electrons. The second kappa shape index (κ2) is 8.14. The third-order valence-electron chi connectivity index (χ3n) is 5.88. The Morgan fingerprint density at radius 2 is 1.83 bits per heavy atom. The first-order valence-electron chi connectivity index (χ1n) is 10.4. The molecule has 3 N–H and O–H groups in total. The van der Waals surface area contributed by atoms with E-state index >= 15 is 0 Å². The molecule has 1 aliphatic carbocycles. The van der Waals surface area contributed by atoms with E-state index in [-0.39, 0.29) is 0 Å². The number of benzene rings is 1. The number of aromatic nitrogens is 4. The Balaban J connectivity index is 1.39. The topological polar surface area (TPSA) is 105 Å². The normalized spacial score (nSPS) is 27.4. The monoisotopic (exact) mass is 407 g/mol. The molecule has 8 heteroatoms. The van der Waals surface area contributed by atoms with E-state index in [1.165, 1.54) is 19.2 Å². The van der Waals surface area contributed by atoms with Gasteiger partial charge >= 0.3 is 0 Å². The molecule has 8 nitrogen and oxygen atoms in total. The van der Waals surface area contributed by atoms with Crippen LogP contribution >= 0.6 is 0 Å². The quantitative estimate of drug-likeness (QED) is 0.597. The molecule has 0 bridgehead atoms. The Labute approximate surface area is 174 Å². The highest BCUT2D eigenvalue weighted by Crippen LogP contribution is 2.33. The van der Waals surface area contributed by atoms with Crippen molar-refractivity contribution in [2.75, 3.05) is 5.32 Å². The van der Waals surface area contributed by atoms with Crippen LogP contribution in [-0.2, 0) is 4.74 Å². The molecule has 1 saturated carbocycles. The van der Waals surface area contributed by atoms with Crippen molar-refractivity contribution in [3.05, 3.63) is 54.6 Å². The summed E-state index contributed by atoms with van der Waals surface area (Å²) in [5.74, 6) is 0.694. The molecule has 3 aromatic rings. The first-order valence-corrected chi connectivity index (χ1v) is 10.4. The molecule has 2 aliphatic rings. The van der Waals surface area contributed by atoms with Crippen molar-refractivity contribution in [2.45, 2.75) is 56.3 Å². The van der Waals surface area contributed by atoms with Crippen molar-refractivity contribution in [2.24, 2.45) is 0 Å². The number of ether oxygens (including phenoxy) is 1. The largest absolute Gasteiger partial charge is 0.387 e. The van der Waals surface area contributed by atoms with Gasteiger partial charge in [0.1, 0.15) is 24.6 Å². The first kappa shape index (κ1) is 19.2. The fourth-order valence-corrected chi connectivity index (χ4v) is 4.25. The van der Waals surface area contributed by atoms with Gasteiger partial charge in [-0.2, -0.15) is 0 Å². The number of imidazole rings is 1. The Morgan fingerprint density at radius 3 is 2.63 bits per heavy atom. The predicted molar refractivity (Wildman–Crippen MR) is 113 cm³/mol. The minimum Gasteiger partial charge on any atom is -0.387 e. The molecule has 0 amide bonds. The molecule has 30 heavy (non-hydrogen) atoms. The summed E-state index contributed by atoms with van der Waals surface area (Å²) < 4.78 is 7.66. The molecule has 1 aliphatic heterocycles. The summed E-state index contributed by atoms with van der Waals surface area (Å²) in [6.45, 7) is 0. The molecule has 3 heterocycles. The van der Waals surface area contributed by atoms with Gasteiger partial charge in [-0.25, -0.2) is 15.0 Å². The lowest BCUT2D eigenvalue weighted by atomic mass is 10.1. The molecule has 156 valence electrons. The lowest BCUT2D eigenvalue weighted by Crippen LogP contribution is -2.30. The highest BCUT2D eigenvalue weighted by atomic mass is 16.6. The second-order valence-electron chi connectivity index (χ2n) is 7.91. The summed E-state index contributed by atoms with van der Waals surface area (Å²) in [6, 6.07) is 10.2. The number of hydrogen-bond acceptors (Lipinski definition) is 7. The minimum absolute atomic E-state index is 0.399. The van der Waals surface area contributed by atoms with Gasteiger partial charge in [0, 0.05) is 6.04 Å². The summed E-state index contributed by atoms with van der Waals surface area (Å²) in [5.41, 5.74) is 2.20. The minimum atomic E-state index is -1.10. The Kier molecular flexibility index (Phi) is 5.20. The van der Waals surface area contributed by atoms with Gasteiger partial charge in [-0.3, -0.25) is 4.57 Å². The maximum absolute atomic E-state index is 10.6. The lowest BCUT2D eigenvalue weighted by Gasteiger charge is -2.17. The van der Waals surface area contributed by atoms with Crippen LogP contribution in [0, 0.1) is 0 Å². The number of aliphatic hydroxyl groups is 2. The fourth-order valence-electron chi connectivity index (χ4n) is 4.25. The van der Waals surface area contributed by atoms with Crippen molar-refractivity contribution in [3.63, 3.8) is 0 Å². The average molecular weight is 407 g/mol. The lowest BCUT2D eigenvalue weighted by molar-refractivity contribution is -0.0243. The number of rotatable bonds is 5. The number of nitrogens with one attached hydrogen (secondary N) is 1. The molecule has 2 aromatic heterocycles. The Bertz CT molecular complexity index is 1030. The summed E-state index contributed by atoms with van der Waals surface area (Å²) in [6.07, 6.45) is 7.83. The van der Waals surface area contributed by atoms with E-state index in [0.717, 1.165) is 18.4 Å². The summed E-state index contributed by atoms with van der Waals surface area (Å²) in [4.78, 5) is 13.2. The molecule has 0 spiro atoms. The van der Waals surface area contributed by atoms with E-state index in [9.17, 15) is 10.2 Å². The van der Waals surface area contributed by atoms with Gasteiger partial charge in [0.2, 0.25) is 0 Å². The smallest absolute Gasteiger partial charge is 0.167 e. The maximum atomic E-state index is 10.6. The van der Waals surface area contributed by atoms with Crippen molar-refractivity contribution < 1.29 is 14.9 Å². The van der Waals surface area contributed by atoms with E-state index in [0.29, 0.717) is 23.0 Å². The van der Waals surface area contributed by atoms with Crippen molar-refractivity contribution in [1.29, 1.82) is 0 Å². The summed E-state index contributed by atoms with van der Waals surface area (Å²) in [7, 11) is 0. The van der Waals surface area contributed by atoms with Gasteiger partial charge < -0.3 is 20.3 Å². The summed E-state index contributed by atoms with van der Waals surface area (Å²) in [5, 5.41) is 24.6. The van der Waals surface area contributed by atoms with E-state index in [1.54, 1.807) is 17.0 Å².